The Morgan fingerprint density at radius 3 is 2.52 bits per heavy atom. The number of amides is 2. The molecular formula is C44H48ClN5O5Si. The number of aromatic nitrogens is 3. The number of hydrogen-bond donors (Lipinski definition) is 1. The van der Waals surface area contributed by atoms with Gasteiger partial charge in [-0.15, -0.1) is 5.10 Å². The van der Waals surface area contributed by atoms with Gasteiger partial charge in [-0.2, -0.15) is 0 Å². The molecule has 0 aliphatic carbocycles. The molecule has 4 heterocycles. The molecule has 5 atom stereocenters. The first kappa shape index (κ1) is 38.1. The molecular weight excluding hydrogens is 742 g/mol. The van der Waals surface area contributed by atoms with Crippen LogP contribution >= 0.6 is 11.6 Å². The van der Waals surface area contributed by atoms with Gasteiger partial charge in [-0.1, -0.05) is 96.6 Å². The molecule has 2 saturated heterocycles. The third-order valence-corrected chi connectivity index (χ3v) is 17.0. The second-order valence-corrected chi connectivity index (χ2v) is 21.0. The van der Waals surface area contributed by atoms with Gasteiger partial charge in [0.1, 0.15) is 5.75 Å². The third-order valence-electron chi connectivity index (χ3n) is 12.4. The number of aryl methyl sites for hydroxylation is 1. The summed E-state index contributed by atoms with van der Waals surface area (Å²) in [6, 6.07) is 31.8. The van der Waals surface area contributed by atoms with E-state index >= 15 is 4.79 Å². The lowest BCUT2D eigenvalue weighted by molar-refractivity contribution is -0.146. The molecule has 1 N–H and O–H groups in total. The van der Waals surface area contributed by atoms with Crippen molar-refractivity contribution in [2.24, 2.45) is 5.92 Å². The van der Waals surface area contributed by atoms with Crippen LogP contribution in [-0.2, 0) is 33.0 Å². The van der Waals surface area contributed by atoms with Crippen molar-refractivity contribution in [1.82, 2.24) is 15.0 Å². The maximum absolute atomic E-state index is 15.3. The lowest BCUT2D eigenvalue weighted by Gasteiger charge is -2.37. The van der Waals surface area contributed by atoms with Crippen LogP contribution in [0, 0.1) is 5.92 Å². The van der Waals surface area contributed by atoms with Crippen molar-refractivity contribution < 1.29 is 24.2 Å². The average molecular weight is 790 g/mol. The van der Waals surface area contributed by atoms with Crippen LogP contribution in [0.25, 0.3) is 0 Å². The van der Waals surface area contributed by atoms with Gasteiger partial charge in [0.15, 0.2) is 5.60 Å². The lowest BCUT2D eigenvalue weighted by atomic mass is 9.82. The molecule has 0 bridgehead atoms. The molecule has 2 amide bonds. The highest BCUT2D eigenvalue weighted by molar-refractivity contribution is 6.91. The van der Waals surface area contributed by atoms with E-state index in [1.165, 1.54) is 5.19 Å². The van der Waals surface area contributed by atoms with E-state index in [9.17, 15) is 9.90 Å². The Hall–Kier alpha value is -4.81. The van der Waals surface area contributed by atoms with Crippen molar-refractivity contribution in [2.45, 2.75) is 75.5 Å². The Morgan fingerprint density at radius 2 is 1.80 bits per heavy atom. The molecule has 12 heteroatoms. The molecule has 4 aromatic carbocycles. The smallest absolute Gasteiger partial charge is 0.264 e. The number of methoxy groups -OCH3 is 1. The molecule has 56 heavy (non-hydrogen) atoms. The maximum Gasteiger partial charge on any atom is 0.264 e. The van der Waals surface area contributed by atoms with Gasteiger partial charge in [-0.25, -0.2) is 0 Å². The number of rotatable bonds is 12. The van der Waals surface area contributed by atoms with Gasteiger partial charge in [-0.05, 0) is 72.0 Å². The highest BCUT2D eigenvalue weighted by Gasteiger charge is 2.66. The second-order valence-electron chi connectivity index (χ2n) is 15.9. The van der Waals surface area contributed by atoms with E-state index in [0.29, 0.717) is 43.2 Å². The number of halogens is 1. The topological polar surface area (TPSA) is 110 Å². The van der Waals surface area contributed by atoms with Crippen LogP contribution in [0.2, 0.25) is 23.7 Å². The molecule has 3 aliphatic rings. The van der Waals surface area contributed by atoms with E-state index in [4.69, 9.17) is 21.1 Å². The van der Waals surface area contributed by atoms with Gasteiger partial charge in [0.25, 0.3) is 5.91 Å². The Labute approximate surface area is 334 Å². The average Bonchev–Trinajstić information content (AvgIpc) is 3.98. The first-order valence-electron chi connectivity index (χ1n) is 19.4. The molecule has 1 spiro atoms. The molecule has 1 aromatic heterocycles. The van der Waals surface area contributed by atoms with Crippen molar-refractivity contribution in [3.8, 4) is 5.75 Å². The van der Waals surface area contributed by atoms with E-state index in [2.05, 4.69) is 42.5 Å². The number of fused-ring (bicyclic) bond motifs is 2. The van der Waals surface area contributed by atoms with Gasteiger partial charge in [0.2, 0.25) is 5.91 Å². The SMILES string of the molecule is COc1ccc([Si](C)(C)[C@@H]2[C@@H](CCn3cc(C(CO)c4ccccc4)nn3)O[C@]3(C(=O)N(Cc4cccc(N5CCCC5=O)c4)c4ccc(Cl)cc43)[C@H]2C)cc1. The fourth-order valence-electron chi connectivity index (χ4n) is 9.54. The fraction of sp³-hybridized carbons (Fsp3) is 0.364. The van der Waals surface area contributed by atoms with Crippen molar-refractivity contribution in [3.63, 3.8) is 0 Å². The summed E-state index contributed by atoms with van der Waals surface area (Å²) in [4.78, 5) is 31.6. The summed E-state index contributed by atoms with van der Waals surface area (Å²) in [5.74, 6) is 0.324. The van der Waals surface area contributed by atoms with Gasteiger partial charge in [0.05, 0.1) is 51.7 Å². The van der Waals surface area contributed by atoms with Crippen LogP contribution in [0.4, 0.5) is 11.4 Å². The van der Waals surface area contributed by atoms with Gasteiger partial charge in [0, 0.05) is 47.9 Å². The Balaban J connectivity index is 1.15. The van der Waals surface area contributed by atoms with Crippen molar-refractivity contribution in [2.75, 3.05) is 30.1 Å². The summed E-state index contributed by atoms with van der Waals surface area (Å²) in [6.45, 7) is 8.36. The van der Waals surface area contributed by atoms with E-state index in [1.54, 1.807) is 7.11 Å². The Kier molecular flexibility index (Phi) is 10.4. The van der Waals surface area contributed by atoms with Crippen LogP contribution in [0.15, 0.2) is 103 Å². The molecule has 5 aromatic rings. The zero-order valence-electron chi connectivity index (χ0n) is 32.3. The monoisotopic (exact) mass is 789 g/mol. The van der Waals surface area contributed by atoms with Crippen LogP contribution < -0.4 is 19.7 Å². The predicted molar refractivity (Wildman–Crippen MR) is 220 cm³/mol. The molecule has 8 rings (SSSR count). The van der Waals surface area contributed by atoms with E-state index in [0.717, 1.165) is 40.2 Å². The molecule has 0 radical (unpaired) electrons. The minimum atomic E-state index is -2.39. The number of hydrogen-bond acceptors (Lipinski definition) is 7. The molecule has 290 valence electrons. The van der Waals surface area contributed by atoms with Crippen molar-refractivity contribution in [3.05, 3.63) is 131 Å². The number of anilines is 2. The van der Waals surface area contributed by atoms with E-state index in [1.807, 2.05) is 106 Å². The predicted octanol–water partition coefficient (Wildman–Crippen LogP) is 7.04. The standard InChI is InChI=1S/C44H48ClN5O5Si/c1-29-42(56(3,4)35-18-16-34(54-2)17-19-35)40(21-23-48-27-38(46-47-48)36(28-51)31-11-6-5-7-12-31)55-44(29)37-25-32(45)15-20-39(37)50(43(44)53)26-30-10-8-13-33(24-30)49-22-9-14-41(49)52/h5-8,10-13,15-20,24-25,27,29,36,40,42,51H,9,14,21-23,26,28H2,1-4H3/t29-,36?,40+,42-,44+/m0/s1. The summed E-state index contributed by atoms with van der Waals surface area (Å²) in [5.41, 5.74) is 3.79. The quantitative estimate of drug-likeness (QED) is 0.135. The normalized spacial score (nSPS) is 22.6. The second kappa shape index (κ2) is 15.3. The minimum absolute atomic E-state index is 0.0219. The van der Waals surface area contributed by atoms with Gasteiger partial charge < -0.3 is 24.4 Å². The zero-order chi connectivity index (χ0) is 39.2. The number of nitrogens with zero attached hydrogens (tertiary/aromatic N) is 5. The number of benzene rings is 4. The number of ether oxygens (including phenoxy) is 2. The molecule has 10 nitrogen and oxygen atoms in total. The van der Waals surface area contributed by atoms with E-state index in [-0.39, 0.29) is 41.9 Å². The first-order valence-corrected chi connectivity index (χ1v) is 22.9. The number of carbonyl (C=O) groups is 2. The van der Waals surface area contributed by atoms with Crippen molar-refractivity contribution in [1.29, 1.82) is 0 Å². The minimum Gasteiger partial charge on any atom is -0.497 e. The van der Waals surface area contributed by atoms with Crippen LogP contribution in [0.3, 0.4) is 0 Å². The molecule has 3 aliphatic heterocycles. The summed E-state index contributed by atoms with van der Waals surface area (Å²) >= 11 is 6.75. The maximum atomic E-state index is 15.3. The van der Waals surface area contributed by atoms with E-state index < -0.39 is 13.7 Å². The number of aliphatic hydroxyl groups is 1. The summed E-state index contributed by atoms with van der Waals surface area (Å²) in [6.07, 6.45) is 3.59. The number of aliphatic hydroxyl groups excluding tert-OH is 1. The third kappa shape index (κ3) is 6.64. The molecule has 0 saturated carbocycles. The number of carbonyl (C=O) groups excluding carboxylic acids is 2. The molecule has 2 fully saturated rings. The molecule has 1 unspecified atom stereocenters. The Bertz CT molecular complexity index is 2230. The van der Waals surface area contributed by atoms with Gasteiger partial charge >= 0.3 is 0 Å². The first-order chi connectivity index (χ1) is 27.0. The highest BCUT2D eigenvalue weighted by atomic mass is 35.5. The highest BCUT2D eigenvalue weighted by Crippen LogP contribution is 2.60. The van der Waals surface area contributed by atoms with Gasteiger partial charge in [-0.3, -0.25) is 14.3 Å². The largest absolute Gasteiger partial charge is 0.497 e. The summed E-state index contributed by atoms with van der Waals surface area (Å²) in [7, 11) is -0.721. The van der Waals surface area contributed by atoms with Crippen LogP contribution in [0.5, 0.6) is 5.75 Å². The van der Waals surface area contributed by atoms with Crippen LogP contribution in [-0.4, -0.2) is 66.4 Å². The lowest BCUT2D eigenvalue weighted by Crippen LogP contribution is -2.51. The summed E-state index contributed by atoms with van der Waals surface area (Å²) in [5, 5.41) is 21.1. The van der Waals surface area contributed by atoms with Crippen molar-refractivity contribution >= 4 is 48.1 Å². The fourth-order valence-corrected chi connectivity index (χ4v) is 13.8. The van der Waals surface area contributed by atoms with Crippen LogP contribution in [0.1, 0.15) is 54.5 Å². The zero-order valence-corrected chi connectivity index (χ0v) is 34.0. The Morgan fingerprint density at radius 1 is 1.02 bits per heavy atom. The summed E-state index contributed by atoms with van der Waals surface area (Å²) < 4.78 is 14.7.